The lowest BCUT2D eigenvalue weighted by molar-refractivity contribution is 0.00754. The second-order valence-electron chi connectivity index (χ2n) is 8.89. The Morgan fingerprint density at radius 2 is 1.83 bits per heavy atom. The molecule has 1 spiro atoms. The van der Waals surface area contributed by atoms with Gasteiger partial charge in [0.25, 0.3) is 0 Å². The molecule has 3 aliphatic heterocycles. The van der Waals surface area contributed by atoms with E-state index in [0.29, 0.717) is 5.41 Å². The molecule has 4 aliphatic rings. The predicted molar refractivity (Wildman–Crippen MR) is 96.2 cm³/mol. The molecule has 4 fully saturated rings. The first-order valence-electron chi connectivity index (χ1n) is 10.3. The number of rotatable bonds is 5. The van der Waals surface area contributed by atoms with Gasteiger partial charge in [-0.25, -0.2) is 0 Å². The molecule has 0 aromatic heterocycles. The zero-order valence-corrected chi connectivity index (χ0v) is 15.5. The van der Waals surface area contributed by atoms with Gasteiger partial charge in [0.1, 0.15) is 0 Å². The van der Waals surface area contributed by atoms with Crippen molar-refractivity contribution in [3.05, 3.63) is 0 Å². The van der Waals surface area contributed by atoms with Crippen molar-refractivity contribution in [2.45, 2.75) is 51.0 Å². The summed E-state index contributed by atoms with van der Waals surface area (Å²) in [5.41, 5.74) is 0.529. The summed E-state index contributed by atoms with van der Waals surface area (Å²) in [6.07, 6.45) is 9.65. The van der Waals surface area contributed by atoms with Crippen molar-refractivity contribution in [2.75, 3.05) is 59.7 Å². The molecule has 24 heavy (non-hydrogen) atoms. The van der Waals surface area contributed by atoms with Gasteiger partial charge in [0.05, 0.1) is 6.61 Å². The zero-order valence-electron chi connectivity index (χ0n) is 15.5. The summed E-state index contributed by atoms with van der Waals surface area (Å²) < 4.78 is 11.2. The molecule has 3 saturated heterocycles. The Labute approximate surface area is 147 Å². The molecular formula is C20H36N2O2. The summed E-state index contributed by atoms with van der Waals surface area (Å²) in [7, 11) is 1.89. The second kappa shape index (κ2) is 7.61. The molecule has 1 atom stereocenters. The molecule has 1 aliphatic carbocycles. The van der Waals surface area contributed by atoms with E-state index in [4.69, 9.17) is 9.47 Å². The Morgan fingerprint density at radius 3 is 2.46 bits per heavy atom. The summed E-state index contributed by atoms with van der Waals surface area (Å²) in [4.78, 5) is 5.57. The fraction of sp³-hybridized carbons (Fsp3) is 1.00. The number of hydrogen-bond acceptors (Lipinski definition) is 4. The van der Waals surface area contributed by atoms with Crippen LogP contribution in [-0.4, -0.2) is 75.5 Å². The Kier molecular flexibility index (Phi) is 5.47. The first-order chi connectivity index (χ1) is 11.8. The van der Waals surface area contributed by atoms with Crippen molar-refractivity contribution >= 4 is 0 Å². The van der Waals surface area contributed by atoms with Crippen LogP contribution in [0.15, 0.2) is 0 Å². The van der Waals surface area contributed by atoms with Crippen molar-refractivity contribution in [1.82, 2.24) is 9.80 Å². The minimum absolute atomic E-state index is 0.529. The van der Waals surface area contributed by atoms with Crippen molar-refractivity contribution in [3.8, 4) is 0 Å². The third kappa shape index (κ3) is 3.53. The first-order valence-corrected chi connectivity index (χ1v) is 10.3. The normalized spacial score (nSPS) is 33.1. The van der Waals surface area contributed by atoms with Crippen LogP contribution in [0, 0.1) is 17.3 Å². The minimum atomic E-state index is 0.529. The molecule has 138 valence electrons. The van der Waals surface area contributed by atoms with Crippen LogP contribution in [0.25, 0.3) is 0 Å². The smallest absolute Gasteiger partial charge is 0.0508 e. The molecule has 0 amide bonds. The highest BCUT2D eigenvalue weighted by Crippen LogP contribution is 2.46. The average molecular weight is 337 g/mol. The van der Waals surface area contributed by atoms with Gasteiger partial charge < -0.3 is 19.3 Å². The lowest BCUT2D eigenvalue weighted by Crippen LogP contribution is -2.50. The molecular weight excluding hydrogens is 300 g/mol. The van der Waals surface area contributed by atoms with Crippen LogP contribution in [0.1, 0.15) is 44.9 Å². The van der Waals surface area contributed by atoms with Crippen LogP contribution in [0.2, 0.25) is 0 Å². The van der Waals surface area contributed by atoms with Crippen molar-refractivity contribution < 1.29 is 9.47 Å². The Hall–Kier alpha value is -0.160. The van der Waals surface area contributed by atoms with E-state index in [-0.39, 0.29) is 0 Å². The fourth-order valence-electron chi connectivity index (χ4n) is 5.66. The summed E-state index contributed by atoms with van der Waals surface area (Å²) >= 11 is 0. The van der Waals surface area contributed by atoms with E-state index in [9.17, 15) is 0 Å². The van der Waals surface area contributed by atoms with Gasteiger partial charge in [0.15, 0.2) is 0 Å². The molecule has 4 nitrogen and oxygen atoms in total. The molecule has 1 saturated carbocycles. The maximum Gasteiger partial charge on any atom is 0.0508 e. The van der Waals surface area contributed by atoms with E-state index in [1.807, 2.05) is 7.11 Å². The van der Waals surface area contributed by atoms with Crippen molar-refractivity contribution in [1.29, 1.82) is 0 Å². The maximum absolute atomic E-state index is 5.64. The van der Waals surface area contributed by atoms with Crippen LogP contribution in [0.4, 0.5) is 0 Å². The molecule has 4 rings (SSSR count). The van der Waals surface area contributed by atoms with E-state index in [0.717, 1.165) is 37.7 Å². The van der Waals surface area contributed by atoms with Crippen LogP contribution >= 0.6 is 0 Å². The Balaban J connectivity index is 1.35. The van der Waals surface area contributed by atoms with Gasteiger partial charge in [0, 0.05) is 51.9 Å². The zero-order chi connectivity index (χ0) is 16.4. The quantitative estimate of drug-likeness (QED) is 0.770. The van der Waals surface area contributed by atoms with E-state index in [1.54, 1.807) is 0 Å². The second-order valence-corrected chi connectivity index (χ2v) is 8.89. The minimum Gasteiger partial charge on any atom is -0.384 e. The molecule has 4 heteroatoms. The van der Waals surface area contributed by atoms with Gasteiger partial charge in [-0.05, 0) is 62.9 Å². The number of nitrogens with zero attached hydrogens (tertiary/aromatic N) is 2. The van der Waals surface area contributed by atoms with E-state index < -0.39 is 0 Å². The SMILES string of the molecule is COC[C@@H]1CN(CC2CCOCC2)CC12CCN(C1CCC1)CC2. The fourth-order valence-corrected chi connectivity index (χ4v) is 5.66. The summed E-state index contributed by atoms with van der Waals surface area (Å²) in [5, 5.41) is 0. The average Bonchev–Trinajstić information content (AvgIpc) is 2.86. The Bertz CT molecular complexity index is 398. The molecule has 0 aromatic rings. The van der Waals surface area contributed by atoms with E-state index >= 15 is 0 Å². The summed E-state index contributed by atoms with van der Waals surface area (Å²) in [5.74, 6) is 1.60. The first kappa shape index (κ1) is 17.3. The maximum atomic E-state index is 5.64. The van der Waals surface area contributed by atoms with Crippen molar-refractivity contribution in [3.63, 3.8) is 0 Å². The van der Waals surface area contributed by atoms with Gasteiger partial charge in [0.2, 0.25) is 0 Å². The third-order valence-electron chi connectivity index (χ3n) is 7.49. The lowest BCUT2D eigenvalue weighted by atomic mass is 9.70. The predicted octanol–water partition coefficient (Wildman–Crippen LogP) is 2.63. The highest BCUT2D eigenvalue weighted by molar-refractivity contribution is 5.01. The number of methoxy groups -OCH3 is 1. The van der Waals surface area contributed by atoms with Gasteiger partial charge in [-0.15, -0.1) is 0 Å². The molecule has 0 bridgehead atoms. The van der Waals surface area contributed by atoms with Gasteiger partial charge in [-0.2, -0.15) is 0 Å². The monoisotopic (exact) mass is 336 g/mol. The summed E-state index contributed by atoms with van der Waals surface area (Å²) in [6, 6.07) is 0.919. The standard InChI is InChI=1S/C20H36N2O2/c1-23-15-18-14-21(13-17-5-11-24-12-6-17)16-20(18)7-9-22(10-8-20)19-3-2-4-19/h17-19H,2-16H2,1H3/t18-/m0/s1. The molecule has 0 unspecified atom stereocenters. The van der Waals surface area contributed by atoms with E-state index in [2.05, 4.69) is 9.80 Å². The number of ether oxygens (including phenoxy) is 2. The topological polar surface area (TPSA) is 24.9 Å². The highest BCUT2D eigenvalue weighted by Gasteiger charge is 2.48. The van der Waals surface area contributed by atoms with Crippen LogP contribution in [0.3, 0.4) is 0 Å². The molecule has 3 heterocycles. The lowest BCUT2D eigenvalue weighted by Gasteiger charge is -2.47. The largest absolute Gasteiger partial charge is 0.384 e. The number of piperidine rings is 1. The van der Waals surface area contributed by atoms with E-state index in [1.165, 1.54) is 77.7 Å². The number of hydrogen-bond donors (Lipinski definition) is 0. The van der Waals surface area contributed by atoms with Gasteiger partial charge in [-0.1, -0.05) is 6.42 Å². The van der Waals surface area contributed by atoms with Crippen LogP contribution < -0.4 is 0 Å². The van der Waals surface area contributed by atoms with Crippen LogP contribution in [0.5, 0.6) is 0 Å². The number of likely N-dealkylation sites (tertiary alicyclic amines) is 2. The molecule has 0 N–H and O–H groups in total. The van der Waals surface area contributed by atoms with Gasteiger partial charge >= 0.3 is 0 Å². The highest BCUT2D eigenvalue weighted by atomic mass is 16.5. The summed E-state index contributed by atoms with van der Waals surface area (Å²) in [6.45, 7) is 9.42. The third-order valence-corrected chi connectivity index (χ3v) is 7.49. The van der Waals surface area contributed by atoms with Crippen LogP contribution in [-0.2, 0) is 9.47 Å². The molecule has 0 radical (unpaired) electrons. The van der Waals surface area contributed by atoms with Crippen molar-refractivity contribution in [2.24, 2.45) is 17.3 Å². The molecule has 0 aromatic carbocycles. The van der Waals surface area contributed by atoms with Gasteiger partial charge in [-0.3, -0.25) is 0 Å². The Morgan fingerprint density at radius 1 is 1.08 bits per heavy atom.